The maximum absolute atomic E-state index is 13.5. The minimum Gasteiger partial charge on any atom is -0.351 e. The molecule has 0 unspecified atom stereocenters. The Bertz CT molecular complexity index is 685. The van der Waals surface area contributed by atoms with Crippen LogP contribution in [0.3, 0.4) is 0 Å². The van der Waals surface area contributed by atoms with Crippen LogP contribution in [0.2, 0.25) is 0 Å². The lowest BCUT2D eigenvalue weighted by atomic mass is 10.1. The van der Waals surface area contributed by atoms with Crippen LogP contribution in [0, 0.1) is 15.9 Å². The second-order valence-electron chi connectivity index (χ2n) is 4.29. The molecule has 0 aliphatic heterocycles. The Hall–Kier alpha value is -2.84. The average Bonchev–Trinajstić information content (AvgIpc) is 2.84. The number of halogens is 1. The molecule has 0 fully saturated rings. The van der Waals surface area contributed by atoms with Crippen LogP contribution >= 0.6 is 0 Å². The number of nitro groups is 1. The number of rotatable bonds is 5. The molecule has 1 amide bonds. The summed E-state index contributed by atoms with van der Waals surface area (Å²) in [7, 11) is 1.76. The first-order valence-corrected chi connectivity index (χ1v) is 6.04. The number of hydrogen-bond acceptors (Lipinski definition) is 5. The van der Waals surface area contributed by atoms with Gasteiger partial charge in [0, 0.05) is 32.1 Å². The molecule has 0 aliphatic carbocycles. The zero-order valence-electron chi connectivity index (χ0n) is 11.1. The molecule has 1 aromatic heterocycles. The third-order valence-electron chi connectivity index (χ3n) is 2.84. The molecule has 0 spiro atoms. The number of nitro benzene ring substituents is 1. The van der Waals surface area contributed by atoms with E-state index >= 15 is 0 Å². The average molecular weight is 293 g/mol. The molecule has 1 aromatic carbocycles. The first kappa shape index (κ1) is 14.6. The highest BCUT2D eigenvalue weighted by Crippen LogP contribution is 2.16. The van der Waals surface area contributed by atoms with Gasteiger partial charge in [0.15, 0.2) is 0 Å². The maximum atomic E-state index is 13.5. The van der Waals surface area contributed by atoms with Crippen LogP contribution in [0.25, 0.3) is 0 Å². The van der Waals surface area contributed by atoms with Gasteiger partial charge >= 0.3 is 0 Å². The topological polar surface area (TPSA) is 103 Å². The number of nitrogens with one attached hydrogen (secondary N) is 1. The van der Waals surface area contributed by atoms with Gasteiger partial charge in [-0.3, -0.25) is 14.9 Å². The van der Waals surface area contributed by atoms with Gasteiger partial charge in [-0.2, -0.15) is 0 Å². The quantitative estimate of drug-likeness (QED) is 0.649. The zero-order valence-corrected chi connectivity index (χ0v) is 11.1. The minimum absolute atomic E-state index is 0.216. The van der Waals surface area contributed by atoms with Crippen molar-refractivity contribution in [2.24, 2.45) is 7.05 Å². The molecule has 8 nitrogen and oxygen atoms in total. The molecule has 0 bridgehead atoms. The fourth-order valence-electron chi connectivity index (χ4n) is 1.72. The maximum Gasteiger partial charge on any atom is 0.270 e. The van der Waals surface area contributed by atoms with Crippen LogP contribution in [0.1, 0.15) is 16.2 Å². The number of benzene rings is 1. The molecule has 1 N–H and O–H groups in total. The molecular weight excluding hydrogens is 281 g/mol. The van der Waals surface area contributed by atoms with Gasteiger partial charge in [0.2, 0.25) is 0 Å². The van der Waals surface area contributed by atoms with Crippen LogP contribution in [0.4, 0.5) is 10.1 Å². The fraction of sp³-hybridized carbons (Fsp3) is 0.250. The highest BCUT2D eigenvalue weighted by molar-refractivity contribution is 5.95. The Morgan fingerprint density at radius 1 is 1.52 bits per heavy atom. The summed E-state index contributed by atoms with van der Waals surface area (Å²) in [6.45, 7) is 0.216. The van der Waals surface area contributed by atoms with Gasteiger partial charge in [-0.1, -0.05) is 0 Å². The second kappa shape index (κ2) is 6.07. The monoisotopic (exact) mass is 293 g/mol. The Morgan fingerprint density at radius 3 is 2.90 bits per heavy atom. The molecule has 0 aliphatic rings. The minimum atomic E-state index is -0.809. The first-order chi connectivity index (χ1) is 9.99. The lowest BCUT2D eigenvalue weighted by molar-refractivity contribution is -0.384. The van der Waals surface area contributed by atoms with E-state index in [-0.39, 0.29) is 17.8 Å². The van der Waals surface area contributed by atoms with Crippen molar-refractivity contribution in [3.05, 3.63) is 51.8 Å². The van der Waals surface area contributed by atoms with E-state index in [0.29, 0.717) is 12.2 Å². The molecule has 110 valence electrons. The van der Waals surface area contributed by atoms with Crippen molar-refractivity contribution < 1.29 is 14.1 Å². The van der Waals surface area contributed by atoms with E-state index in [4.69, 9.17) is 0 Å². The number of carbonyl (C=O) groups is 1. The Kier molecular flexibility index (Phi) is 4.21. The van der Waals surface area contributed by atoms with Gasteiger partial charge in [-0.25, -0.2) is 4.39 Å². The van der Waals surface area contributed by atoms with E-state index in [0.717, 1.165) is 18.2 Å². The normalized spacial score (nSPS) is 10.4. The molecule has 2 aromatic rings. The third kappa shape index (κ3) is 3.38. The number of nitrogens with zero attached hydrogens (tertiary/aromatic N) is 4. The lowest BCUT2D eigenvalue weighted by Gasteiger charge is -2.06. The molecular formula is C12H12FN5O3. The van der Waals surface area contributed by atoms with Gasteiger partial charge in [0.1, 0.15) is 18.0 Å². The number of carbonyl (C=O) groups excluding carboxylic acids is 1. The predicted molar refractivity (Wildman–Crippen MR) is 70.1 cm³/mol. The van der Waals surface area contributed by atoms with Crippen molar-refractivity contribution in [1.82, 2.24) is 20.1 Å². The van der Waals surface area contributed by atoms with E-state index in [2.05, 4.69) is 15.5 Å². The number of aryl methyl sites for hydroxylation is 1. The van der Waals surface area contributed by atoms with E-state index in [1.165, 1.54) is 6.33 Å². The standard InChI is InChI=1S/C12H12FN5O3/c1-17-7-15-16-11(17)4-5-14-12(19)9-6-8(18(20)21)2-3-10(9)13/h2-3,6-7H,4-5H2,1H3,(H,14,19). The van der Waals surface area contributed by atoms with Gasteiger partial charge in [-0.15, -0.1) is 10.2 Å². The summed E-state index contributed by atoms with van der Waals surface area (Å²) in [5.74, 6) is -0.857. The van der Waals surface area contributed by atoms with Crippen molar-refractivity contribution in [3.8, 4) is 0 Å². The summed E-state index contributed by atoms with van der Waals surface area (Å²) in [5.41, 5.74) is -0.697. The van der Waals surface area contributed by atoms with Crippen LogP contribution in [-0.4, -0.2) is 32.1 Å². The van der Waals surface area contributed by atoms with Crippen molar-refractivity contribution in [2.45, 2.75) is 6.42 Å². The molecule has 0 saturated heterocycles. The van der Waals surface area contributed by atoms with Crippen LogP contribution in [0.5, 0.6) is 0 Å². The van der Waals surface area contributed by atoms with E-state index < -0.39 is 16.6 Å². The Morgan fingerprint density at radius 2 is 2.29 bits per heavy atom. The largest absolute Gasteiger partial charge is 0.351 e. The van der Waals surface area contributed by atoms with Gasteiger partial charge in [0.05, 0.1) is 10.5 Å². The van der Waals surface area contributed by atoms with E-state index in [9.17, 15) is 19.3 Å². The zero-order chi connectivity index (χ0) is 15.4. The highest BCUT2D eigenvalue weighted by Gasteiger charge is 2.16. The molecule has 2 rings (SSSR count). The lowest BCUT2D eigenvalue weighted by Crippen LogP contribution is -2.27. The first-order valence-electron chi connectivity index (χ1n) is 6.04. The van der Waals surface area contributed by atoms with Crippen LogP contribution in [-0.2, 0) is 13.5 Å². The summed E-state index contributed by atoms with van der Waals surface area (Å²) in [5, 5.41) is 20.6. The second-order valence-corrected chi connectivity index (χ2v) is 4.29. The molecule has 0 atom stereocenters. The summed E-state index contributed by atoms with van der Waals surface area (Å²) in [4.78, 5) is 21.8. The van der Waals surface area contributed by atoms with Crippen molar-refractivity contribution in [2.75, 3.05) is 6.54 Å². The Balaban J connectivity index is 2.01. The van der Waals surface area contributed by atoms with Gasteiger partial charge in [-0.05, 0) is 6.07 Å². The van der Waals surface area contributed by atoms with Crippen LogP contribution in [0.15, 0.2) is 24.5 Å². The van der Waals surface area contributed by atoms with Crippen molar-refractivity contribution in [1.29, 1.82) is 0 Å². The summed E-state index contributed by atoms with van der Waals surface area (Å²) < 4.78 is 15.2. The van der Waals surface area contributed by atoms with Gasteiger partial charge in [0.25, 0.3) is 11.6 Å². The summed E-state index contributed by atoms with van der Waals surface area (Å²) >= 11 is 0. The molecule has 0 saturated carbocycles. The predicted octanol–water partition coefficient (Wildman–Crippen LogP) is 0.835. The highest BCUT2D eigenvalue weighted by atomic mass is 19.1. The van der Waals surface area contributed by atoms with E-state index in [1.54, 1.807) is 11.6 Å². The van der Waals surface area contributed by atoms with Crippen LogP contribution < -0.4 is 5.32 Å². The number of amides is 1. The van der Waals surface area contributed by atoms with Crippen molar-refractivity contribution in [3.63, 3.8) is 0 Å². The molecule has 9 heteroatoms. The molecule has 1 heterocycles. The van der Waals surface area contributed by atoms with E-state index in [1.807, 2.05) is 0 Å². The Labute approximate surface area is 118 Å². The van der Waals surface area contributed by atoms with Crippen molar-refractivity contribution >= 4 is 11.6 Å². The fourth-order valence-corrected chi connectivity index (χ4v) is 1.72. The molecule has 21 heavy (non-hydrogen) atoms. The summed E-state index contributed by atoms with van der Waals surface area (Å²) in [6.07, 6.45) is 1.94. The summed E-state index contributed by atoms with van der Waals surface area (Å²) in [6, 6.07) is 2.81. The smallest absolute Gasteiger partial charge is 0.270 e. The SMILES string of the molecule is Cn1cnnc1CCNC(=O)c1cc([N+](=O)[O-])ccc1F. The third-order valence-corrected chi connectivity index (χ3v) is 2.84. The van der Waals surface area contributed by atoms with Gasteiger partial charge < -0.3 is 9.88 Å². The number of non-ortho nitro benzene ring substituents is 1. The number of aromatic nitrogens is 3. The number of hydrogen-bond donors (Lipinski definition) is 1. The molecule has 0 radical (unpaired) electrons.